The summed E-state index contributed by atoms with van der Waals surface area (Å²) < 4.78 is 29.6. The Bertz CT molecular complexity index is 1190. The molecule has 0 spiro atoms. The van der Waals surface area contributed by atoms with Crippen LogP contribution in [-0.2, 0) is 26.0 Å². The number of halogens is 2. The number of hydrogen-bond donors (Lipinski definition) is 1. The summed E-state index contributed by atoms with van der Waals surface area (Å²) in [6, 6.07) is 10.8. The molecule has 2 heterocycles. The monoisotopic (exact) mass is 597 g/mol. The zero-order chi connectivity index (χ0) is 23.8. The van der Waals surface area contributed by atoms with Crippen LogP contribution in [0.4, 0.5) is 11.4 Å². The van der Waals surface area contributed by atoms with Crippen LogP contribution in [0.15, 0.2) is 50.2 Å². The molecule has 2 aliphatic rings. The Kier molecular flexibility index (Phi) is 7.28. The number of carbonyl (C=O) groups excluding carboxylic acids is 2. The summed E-state index contributed by atoms with van der Waals surface area (Å²) in [5, 5.41) is 2.92. The topological polar surface area (TPSA) is 86.8 Å². The molecule has 2 aromatic carbocycles. The Morgan fingerprint density at radius 1 is 1.06 bits per heavy atom. The average Bonchev–Trinajstić information content (AvgIpc) is 3.22. The van der Waals surface area contributed by atoms with E-state index in [1.807, 2.05) is 30.3 Å². The fourth-order valence-corrected chi connectivity index (χ4v) is 7.25. The first-order valence-corrected chi connectivity index (χ1v) is 13.9. The highest BCUT2D eigenvalue weighted by Gasteiger charge is 2.35. The van der Waals surface area contributed by atoms with E-state index in [1.54, 1.807) is 17.9 Å². The molecule has 0 saturated carbocycles. The van der Waals surface area contributed by atoms with Gasteiger partial charge in [0.2, 0.25) is 21.8 Å². The van der Waals surface area contributed by atoms with Crippen molar-refractivity contribution >= 4 is 65.1 Å². The summed E-state index contributed by atoms with van der Waals surface area (Å²) in [4.78, 5) is 26.8. The summed E-state index contributed by atoms with van der Waals surface area (Å²) >= 11 is 6.85. The molecule has 0 unspecified atom stereocenters. The number of nitrogens with zero attached hydrogens (tertiary/aromatic N) is 2. The Balaban J connectivity index is 1.48. The number of para-hydroxylation sites is 1. The zero-order valence-electron chi connectivity index (χ0n) is 18.2. The number of fused-ring (bicyclic) bond motifs is 1. The van der Waals surface area contributed by atoms with E-state index in [0.29, 0.717) is 48.1 Å². The number of piperidine rings is 1. The van der Waals surface area contributed by atoms with Crippen LogP contribution in [0.3, 0.4) is 0 Å². The van der Waals surface area contributed by atoms with Crippen molar-refractivity contribution in [3.63, 3.8) is 0 Å². The maximum atomic E-state index is 13.5. The quantitative estimate of drug-likeness (QED) is 0.547. The van der Waals surface area contributed by atoms with Gasteiger partial charge in [-0.1, -0.05) is 19.1 Å². The van der Waals surface area contributed by atoms with E-state index in [2.05, 4.69) is 37.2 Å². The van der Waals surface area contributed by atoms with Crippen molar-refractivity contribution in [2.45, 2.75) is 37.5 Å². The molecular formula is C23H25Br2N3O4S. The molecule has 0 aromatic heterocycles. The van der Waals surface area contributed by atoms with Gasteiger partial charge in [-0.05, 0) is 81.0 Å². The molecule has 10 heteroatoms. The molecule has 0 atom stereocenters. The highest BCUT2D eigenvalue weighted by atomic mass is 79.9. The van der Waals surface area contributed by atoms with Crippen molar-refractivity contribution in [3.8, 4) is 0 Å². The second kappa shape index (κ2) is 9.85. The zero-order valence-corrected chi connectivity index (χ0v) is 22.2. The molecule has 1 saturated heterocycles. The Morgan fingerprint density at radius 3 is 2.42 bits per heavy atom. The van der Waals surface area contributed by atoms with Crippen molar-refractivity contribution < 1.29 is 18.0 Å². The van der Waals surface area contributed by atoms with E-state index < -0.39 is 10.0 Å². The maximum absolute atomic E-state index is 13.5. The van der Waals surface area contributed by atoms with E-state index in [-0.39, 0.29) is 35.7 Å². The predicted octanol–water partition coefficient (Wildman–Crippen LogP) is 4.55. The number of benzene rings is 2. The van der Waals surface area contributed by atoms with Crippen LogP contribution in [0.1, 0.15) is 31.7 Å². The van der Waals surface area contributed by atoms with Gasteiger partial charge in [-0.3, -0.25) is 9.59 Å². The van der Waals surface area contributed by atoms with Crippen molar-refractivity contribution in [1.82, 2.24) is 4.31 Å². The van der Waals surface area contributed by atoms with Crippen LogP contribution in [-0.4, -0.2) is 44.2 Å². The van der Waals surface area contributed by atoms with Crippen LogP contribution in [0.2, 0.25) is 0 Å². The molecule has 2 amide bonds. The summed E-state index contributed by atoms with van der Waals surface area (Å²) in [7, 11) is -3.78. The summed E-state index contributed by atoms with van der Waals surface area (Å²) in [6.45, 7) is 2.89. The molecule has 2 aromatic rings. The summed E-state index contributed by atoms with van der Waals surface area (Å²) in [5.41, 5.74) is 2.34. The lowest BCUT2D eigenvalue weighted by molar-refractivity contribution is -0.121. The molecule has 7 nitrogen and oxygen atoms in total. The molecule has 0 bridgehead atoms. The minimum absolute atomic E-state index is 0.0173. The van der Waals surface area contributed by atoms with Crippen molar-refractivity contribution in [1.29, 1.82) is 0 Å². The molecule has 4 rings (SSSR count). The third-order valence-electron chi connectivity index (χ3n) is 6.21. The summed E-state index contributed by atoms with van der Waals surface area (Å²) in [6.07, 6.45) is 1.96. The van der Waals surface area contributed by atoms with Gasteiger partial charge < -0.3 is 10.2 Å². The number of carbonyl (C=O) groups is 2. The van der Waals surface area contributed by atoms with Crippen molar-refractivity contribution in [3.05, 3.63) is 50.9 Å². The van der Waals surface area contributed by atoms with Crippen molar-refractivity contribution in [2.24, 2.45) is 5.92 Å². The van der Waals surface area contributed by atoms with E-state index in [4.69, 9.17) is 0 Å². The minimum atomic E-state index is -3.78. The number of hydrogen-bond acceptors (Lipinski definition) is 4. The van der Waals surface area contributed by atoms with Crippen LogP contribution in [0.25, 0.3) is 0 Å². The van der Waals surface area contributed by atoms with Gasteiger partial charge in [0.15, 0.2) is 0 Å². The highest BCUT2D eigenvalue weighted by Crippen LogP contribution is 2.37. The largest absolute Gasteiger partial charge is 0.325 e. The lowest BCUT2D eigenvalue weighted by Gasteiger charge is -2.31. The first-order valence-electron chi connectivity index (χ1n) is 10.9. The molecule has 176 valence electrons. The fraction of sp³-hybridized carbons (Fsp3) is 0.391. The third kappa shape index (κ3) is 4.89. The van der Waals surface area contributed by atoms with Gasteiger partial charge in [0.25, 0.3) is 0 Å². The number of sulfonamides is 1. The number of anilines is 2. The molecule has 33 heavy (non-hydrogen) atoms. The van der Waals surface area contributed by atoms with Gasteiger partial charge in [-0.25, -0.2) is 8.42 Å². The second-order valence-electron chi connectivity index (χ2n) is 8.21. The number of rotatable bonds is 5. The Morgan fingerprint density at radius 2 is 1.76 bits per heavy atom. The first-order chi connectivity index (χ1) is 15.7. The Hall–Kier alpha value is -1.75. The van der Waals surface area contributed by atoms with Crippen LogP contribution >= 0.6 is 31.9 Å². The minimum Gasteiger partial charge on any atom is -0.325 e. The van der Waals surface area contributed by atoms with Gasteiger partial charge in [0.05, 0.1) is 10.6 Å². The van der Waals surface area contributed by atoms with E-state index in [0.717, 1.165) is 10.0 Å². The fourth-order valence-electron chi connectivity index (χ4n) is 4.33. The molecule has 0 aliphatic carbocycles. The summed E-state index contributed by atoms with van der Waals surface area (Å²) in [5.74, 6) is -0.382. The van der Waals surface area contributed by atoms with Crippen LogP contribution < -0.4 is 10.2 Å². The third-order valence-corrected chi connectivity index (χ3v) is 9.76. The van der Waals surface area contributed by atoms with E-state index in [9.17, 15) is 18.0 Å². The number of amides is 2. The van der Waals surface area contributed by atoms with Crippen LogP contribution in [0.5, 0.6) is 0 Å². The molecule has 1 N–H and O–H groups in total. The molecule has 2 aliphatic heterocycles. The number of nitrogens with one attached hydrogen (secondary N) is 1. The first kappa shape index (κ1) is 24.4. The van der Waals surface area contributed by atoms with E-state index in [1.165, 1.54) is 4.31 Å². The highest BCUT2D eigenvalue weighted by molar-refractivity contribution is 9.10. The Labute approximate surface area is 210 Å². The lowest BCUT2D eigenvalue weighted by atomic mass is 9.97. The second-order valence-corrected chi connectivity index (χ2v) is 11.8. The molecular weight excluding hydrogens is 574 g/mol. The lowest BCUT2D eigenvalue weighted by Crippen LogP contribution is -2.41. The average molecular weight is 599 g/mol. The van der Waals surface area contributed by atoms with Gasteiger partial charge >= 0.3 is 0 Å². The molecule has 1 fully saturated rings. The maximum Gasteiger partial charge on any atom is 0.244 e. The van der Waals surface area contributed by atoms with E-state index >= 15 is 0 Å². The van der Waals surface area contributed by atoms with Gasteiger partial charge in [-0.15, -0.1) is 0 Å². The van der Waals surface area contributed by atoms with Gasteiger partial charge in [0.1, 0.15) is 0 Å². The SMILES string of the molecule is CCC(=O)N1CCc2cc(Br)c(S(=O)(=O)N3CCC(C(=O)Nc4ccccc4Br)CC3)cc21. The van der Waals surface area contributed by atoms with Gasteiger partial charge in [0, 0.05) is 46.6 Å². The standard InChI is InChI=1S/C23H25Br2N3O4S/c1-2-22(29)28-12-9-16-13-18(25)21(14-20(16)28)33(31,32)27-10-7-15(8-11-27)23(30)26-19-6-4-3-5-17(19)24/h3-6,13-15H,2,7-12H2,1H3,(H,26,30). The van der Waals surface area contributed by atoms with Crippen LogP contribution in [0, 0.1) is 5.92 Å². The van der Waals surface area contributed by atoms with Crippen molar-refractivity contribution in [2.75, 3.05) is 29.9 Å². The predicted molar refractivity (Wildman–Crippen MR) is 135 cm³/mol. The smallest absolute Gasteiger partial charge is 0.244 e. The normalized spacial score (nSPS) is 17.1. The van der Waals surface area contributed by atoms with Gasteiger partial charge in [-0.2, -0.15) is 4.31 Å². The molecule has 0 radical (unpaired) electrons.